The van der Waals surface area contributed by atoms with Crippen LogP contribution in [0.4, 0.5) is 5.69 Å². The summed E-state index contributed by atoms with van der Waals surface area (Å²) >= 11 is 0. The molecule has 0 radical (unpaired) electrons. The van der Waals surface area contributed by atoms with Crippen molar-refractivity contribution in [3.05, 3.63) is 41.5 Å². The lowest BCUT2D eigenvalue weighted by molar-refractivity contribution is -0.118. The molecule has 1 fully saturated rings. The summed E-state index contributed by atoms with van der Waals surface area (Å²) in [6, 6.07) is 7.07. The molecule has 23 heavy (non-hydrogen) atoms. The minimum absolute atomic E-state index is 0.0431. The van der Waals surface area contributed by atoms with Gasteiger partial charge in [0.1, 0.15) is 0 Å². The van der Waals surface area contributed by atoms with E-state index in [0.29, 0.717) is 11.3 Å². The molecule has 2 rings (SSSR count). The van der Waals surface area contributed by atoms with E-state index >= 15 is 0 Å². The fourth-order valence-corrected chi connectivity index (χ4v) is 3.93. The summed E-state index contributed by atoms with van der Waals surface area (Å²) < 4.78 is 23.1. The van der Waals surface area contributed by atoms with Gasteiger partial charge in [-0.2, -0.15) is 0 Å². The van der Waals surface area contributed by atoms with E-state index < -0.39 is 9.84 Å². The van der Waals surface area contributed by atoms with Crippen LogP contribution in [-0.4, -0.2) is 20.6 Å². The number of para-hydroxylation sites is 1. The molecule has 0 bridgehead atoms. The highest BCUT2D eigenvalue weighted by atomic mass is 32.2. The lowest BCUT2D eigenvalue weighted by Gasteiger charge is -2.11. The number of hydrogen-bond donors (Lipinski definition) is 1. The molecule has 2 unspecified atom stereocenters. The number of benzene rings is 1. The first kappa shape index (κ1) is 17.7. The van der Waals surface area contributed by atoms with E-state index in [-0.39, 0.29) is 28.9 Å². The van der Waals surface area contributed by atoms with Crippen molar-refractivity contribution in [1.29, 1.82) is 0 Å². The van der Waals surface area contributed by atoms with Gasteiger partial charge in [0.05, 0.1) is 11.7 Å². The number of nitrogens with one attached hydrogen (secondary N) is 1. The van der Waals surface area contributed by atoms with E-state index in [1.807, 2.05) is 13.8 Å². The van der Waals surface area contributed by atoms with Gasteiger partial charge in [0.2, 0.25) is 5.91 Å². The number of carbonyl (C=O) groups is 1. The lowest BCUT2D eigenvalue weighted by Crippen LogP contribution is -2.18. The average Bonchev–Trinajstić information content (AvgIpc) is 2.90. The molecule has 126 valence electrons. The zero-order valence-electron chi connectivity index (χ0n) is 14.4. The van der Waals surface area contributed by atoms with Crippen LogP contribution in [0.3, 0.4) is 0 Å². The van der Waals surface area contributed by atoms with Crippen LogP contribution in [0.1, 0.15) is 33.3 Å². The smallest absolute Gasteiger partial charge is 0.228 e. The molecule has 1 amide bonds. The molecule has 0 aromatic heterocycles. The fourth-order valence-electron chi connectivity index (χ4n) is 3.11. The molecule has 0 saturated heterocycles. The van der Waals surface area contributed by atoms with Crippen molar-refractivity contribution in [2.24, 2.45) is 17.3 Å². The van der Waals surface area contributed by atoms with E-state index in [9.17, 15) is 13.2 Å². The van der Waals surface area contributed by atoms with Crippen LogP contribution in [0, 0.1) is 17.3 Å². The lowest BCUT2D eigenvalue weighted by atomic mass is 10.1. The Labute approximate surface area is 138 Å². The summed E-state index contributed by atoms with van der Waals surface area (Å²) in [5, 5.41) is 2.92. The number of carbonyl (C=O) groups excluding carboxylic acids is 1. The van der Waals surface area contributed by atoms with Crippen molar-refractivity contribution in [3.8, 4) is 0 Å². The summed E-state index contributed by atoms with van der Waals surface area (Å²) in [5.41, 5.74) is 2.35. The Bertz CT molecular complexity index is 743. The molecule has 1 aliphatic rings. The predicted molar refractivity (Wildman–Crippen MR) is 93.8 cm³/mol. The Kier molecular flexibility index (Phi) is 4.71. The first-order valence-corrected chi connectivity index (χ1v) is 9.80. The van der Waals surface area contributed by atoms with E-state index in [4.69, 9.17) is 0 Å². The van der Waals surface area contributed by atoms with Gasteiger partial charge >= 0.3 is 0 Å². The van der Waals surface area contributed by atoms with Gasteiger partial charge in [0.25, 0.3) is 0 Å². The maximum absolute atomic E-state index is 12.6. The summed E-state index contributed by atoms with van der Waals surface area (Å²) in [6.45, 7) is 8.24. The summed E-state index contributed by atoms with van der Waals surface area (Å²) in [7, 11) is -3.15. The Hall–Kier alpha value is -1.62. The topological polar surface area (TPSA) is 63.2 Å². The molecular weight excluding hydrogens is 310 g/mol. The molecule has 1 aromatic rings. The van der Waals surface area contributed by atoms with E-state index in [0.717, 1.165) is 0 Å². The van der Waals surface area contributed by atoms with Gasteiger partial charge in [-0.3, -0.25) is 4.79 Å². The third kappa shape index (κ3) is 4.22. The van der Waals surface area contributed by atoms with Gasteiger partial charge in [-0.25, -0.2) is 8.42 Å². The standard InChI is InChI=1S/C18H25NO3S/c1-12(2)10-14-16(18(14,3)4)17(20)19-15-9-7-6-8-13(15)11-23(5,21)22/h6-10,14,16H,11H2,1-5H3,(H,19,20). The van der Waals surface area contributed by atoms with Crippen molar-refractivity contribution < 1.29 is 13.2 Å². The second kappa shape index (κ2) is 6.11. The van der Waals surface area contributed by atoms with Gasteiger partial charge in [-0.05, 0) is 36.8 Å². The Morgan fingerprint density at radius 2 is 1.87 bits per heavy atom. The van der Waals surface area contributed by atoms with E-state index in [1.165, 1.54) is 11.8 Å². The highest BCUT2D eigenvalue weighted by molar-refractivity contribution is 7.89. The largest absolute Gasteiger partial charge is 0.326 e. The number of anilines is 1. The van der Waals surface area contributed by atoms with Gasteiger partial charge in [0, 0.05) is 11.9 Å². The van der Waals surface area contributed by atoms with Crippen LogP contribution in [0.15, 0.2) is 35.9 Å². The van der Waals surface area contributed by atoms with Crippen LogP contribution in [0.5, 0.6) is 0 Å². The molecule has 0 heterocycles. The monoisotopic (exact) mass is 335 g/mol. The van der Waals surface area contributed by atoms with Crippen LogP contribution in [0.25, 0.3) is 0 Å². The molecule has 1 saturated carbocycles. The first-order chi connectivity index (χ1) is 10.5. The summed E-state index contributed by atoms with van der Waals surface area (Å²) in [4.78, 5) is 12.6. The third-order valence-electron chi connectivity index (χ3n) is 4.40. The molecule has 1 aliphatic carbocycles. The third-order valence-corrected chi connectivity index (χ3v) is 5.23. The summed E-state index contributed by atoms with van der Waals surface area (Å²) in [6.07, 6.45) is 3.34. The second-order valence-corrected chi connectivity index (χ2v) is 9.43. The SMILES string of the molecule is CC(C)=CC1C(C(=O)Nc2ccccc2CS(C)(=O)=O)C1(C)C. The van der Waals surface area contributed by atoms with Gasteiger partial charge in [-0.1, -0.05) is 43.7 Å². The Balaban J connectivity index is 2.18. The normalized spacial score (nSPS) is 22.3. The van der Waals surface area contributed by atoms with Gasteiger partial charge in [0.15, 0.2) is 9.84 Å². The quantitative estimate of drug-likeness (QED) is 0.839. The number of amides is 1. The fraction of sp³-hybridized carbons (Fsp3) is 0.500. The van der Waals surface area contributed by atoms with Crippen molar-refractivity contribution in [1.82, 2.24) is 0 Å². The van der Waals surface area contributed by atoms with E-state index in [2.05, 4.69) is 25.2 Å². The minimum atomic E-state index is -3.15. The van der Waals surface area contributed by atoms with Crippen molar-refractivity contribution in [3.63, 3.8) is 0 Å². The molecule has 0 aliphatic heterocycles. The van der Waals surface area contributed by atoms with Crippen molar-refractivity contribution in [2.45, 2.75) is 33.4 Å². The molecule has 4 nitrogen and oxygen atoms in total. The number of hydrogen-bond acceptors (Lipinski definition) is 3. The summed E-state index contributed by atoms with van der Waals surface area (Å²) in [5.74, 6) is 0.0336. The number of sulfone groups is 1. The molecule has 1 aromatic carbocycles. The Morgan fingerprint density at radius 3 is 2.43 bits per heavy atom. The number of rotatable bonds is 5. The highest BCUT2D eigenvalue weighted by Gasteiger charge is 2.60. The van der Waals surface area contributed by atoms with Crippen molar-refractivity contribution >= 4 is 21.4 Å². The average molecular weight is 335 g/mol. The number of allylic oxidation sites excluding steroid dienone is 2. The molecular formula is C18H25NO3S. The van der Waals surface area contributed by atoms with E-state index in [1.54, 1.807) is 24.3 Å². The highest BCUT2D eigenvalue weighted by Crippen LogP contribution is 2.59. The van der Waals surface area contributed by atoms with Gasteiger partial charge in [-0.15, -0.1) is 0 Å². The van der Waals surface area contributed by atoms with Crippen LogP contribution < -0.4 is 5.32 Å². The molecule has 0 spiro atoms. The van der Waals surface area contributed by atoms with Crippen LogP contribution >= 0.6 is 0 Å². The predicted octanol–water partition coefficient (Wildman–Crippen LogP) is 3.41. The minimum Gasteiger partial charge on any atom is -0.326 e. The van der Waals surface area contributed by atoms with Crippen LogP contribution in [-0.2, 0) is 20.4 Å². The zero-order valence-corrected chi connectivity index (χ0v) is 15.2. The first-order valence-electron chi connectivity index (χ1n) is 7.74. The Morgan fingerprint density at radius 1 is 1.26 bits per heavy atom. The molecule has 5 heteroatoms. The second-order valence-electron chi connectivity index (χ2n) is 7.29. The van der Waals surface area contributed by atoms with Crippen LogP contribution in [0.2, 0.25) is 0 Å². The zero-order chi connectivity index (χ0) is 17.4. The van der Waals surface area contributed by atoms with Gasteiger partial charge < -0.3 is 5.32 Å². The molecule has 2 atom stereocenters. The maximum atomic E-state index is 12.6. The van der Waals surface area contributed by atoms with Crippen molar-refractivity contribution in [2.75, 3.05) is 11.6 Å². The molecule has 1 N–H and O–H groups in total. The maximum Gasteiger partial charge on any atom is 0.228 e.